The van der Waals surface area contributed by atoms with Gasteiger partial charge in [-0.25, -0.2) is 4.79 Å². The molecule has 1 aliphatic rings. The molecular formula is C21H22N4O4. The predicted molar refractivity (Wildman–Crippen MR) is 107 cm³/mol. The SMILES string of the molecule is COc1cc(C#N)ccc1Oc1ccc(NC(=O)N(C)C2CC(C(N)=O)C2)cc1. The summed E-state index contributed by atoms with van der Waals surface area (Å²) in [5, 5.41) is 11.8. The van der Waals surface area contributed by atoms with E-state index in [1.54, 1.807) is 54.4 Å². The molecule has 1 fully saturated rings. The number of nitriles is 1. The third kappa shape index (κ3) is 4.58. The highest BCUT2D eigenvalue weighted by Gasteiger charge is 2.37. The molecule has 3 amide bonds. The Bertz CT molecular complexity index is 946. The van der Waals surface area contributed by atoms with Crippen molar-refractivity contribution in [3.63, 3.8) is 0 Å². The van der Waals surface area contributed by atoms with Crippen LogP contribution in [0.25, 0.3) is 0 Å². The van der Waals surface area contributed by atoms with Crippen LogP contribution in [0.1, 0.15) is 18.4 Å². The quantitative estimate of drug-likeness (QED) is 0.781. The first-order chi connectivity index (χ1) is 13.9. The van der Waals surface area contributed by atoms with Crippen LogP contribution in [0.15, 0.2) is 42.5 Å². The zero-order valence-electron chi connectivity index (χ0n) is 16.2. The van der Waals surface area contributed by atoms with Crippen molar-refractivity contribution in [1.29, 1.82) is 5.26 Å². The second-order valence-electron chi connectivity index (χ2n) is 6.87. The van der Waals surface area contributed by atoms with Crippen molar-refractivity contribution < 1.29 is 19.1 Å². The Morgan fingerprint density at radius 1 is 1.17 bits per heavy atom. The molecule has 0 atom stereocenters. The first-order valence-electron chi connectivity index (χ1n) is 9.10. The molecule has 29 heavy (non-hydrogen) atoms. The first-order valence-corrected chi connectivity index (χ1v) is 9.10. The maximum atomic E-state index is 12.4. The van der Waals surface area contributed by atoms with E-state index in [4.69, 9.17) is 20.5 Å². The van der Waals surface area contributed by atoms with E-state index in [1.165, 1.54) is 7.11 Å². The summed E-state index contributed by atoms with van der Waals surface area (Å²) < 4.78 is 11.1. The van der Waals surface area contributed by atoms with Gasteiger partial charge in [-0.1, -0.05) is 0 Å². The van der Waals surface area contributed by atoms with E-state index in [0.717, 1.165) is 0 Å². The zero-order valence-corrected chi connectivity index (χ0v) is 16.2. The standard InChI is InChI=1S/C21H22N4O4/c1-25(16-10-14(11-16)20(23)26)21(27)24-15-4-6-17(7-5-15)29-18-8-3-13(12-22)9-19(18)28-2/h3-9,14,16H,10-11H2,1-2H3,(H2,23,26)(H,24,27). The van der Waals surface area contributed by atoms with Crippen molar-refractivity contribution in [1.82, 2.24) is 4.90 Å². The van der Waals surface area contributed by atoms with Gasteiger partial charge in [0.05, 0.1) is 18.7 Å². The highest BCUT2D eigenvalue weighted by Crippen LogP contribution is 2.33. The van der Waals surface area contributed by atoms with Gasteiger partial charge < -0.3 is 25.4 Å². The fraction of sp³-hybridized carbons (Fsp3) is 0.286. The monoisotopic (exact) mass is 394 g/mol. The number of carbonyl (C=O) groups excluding carboxylic acids is 2. The van der Waals surface area contributed by atoms with Crippen molar-refractivity contribution in [3.8, 4) is 23.3 Å². The lowest BCUT2D eigenvalue weighted by Crippen LogP contribution is -2.50. The average Bonchev–Trinajstić information content (AvgIpc) is 2.68. The number of rotatable bonds is 6. The van der Waals surface area contributed by atoms with E-state index < -0.39 is 0 Å². The number of benzene rings is 2. The van der Waals surface area contributed by atoms with Gasteiger partial charge in [-0.2, -0.15) is 5.26 Å². The highest BCUT2D eigenvalue weighted by atomic mass is 16.5. The van der Waals surface area contributed by atoms with Crippen LogP contribution >= 0.6 is 0 Å². The number of hydrogen-bond acceptors (Lipinski definition) is 5. The van der Waals surface area contributed by atoms with Crippen molar-refractivity contribution in [2.24, 2.45) is 11.7 Å². The molecule has 2 aromatic carbocycles. The fourth-order valence-electron chi connectivity index (χ4n) is 3.07. The zero-order chi connectivity index (χ0) is 21.0. The minimum atomic E-state index is -0.315. The number of primary amides is 1. The van der Waals surface area contributed by atoms with Gasteiger partial charge in [-0.05, 0) is 49.2 Å². The van der Waals surface area contributed by atoms with Gasteiger partial charge in [0.1, 0.15) is 5.75 Å². The van der Waals surface area contributed by atoms with Crippen LogP contribution in [0.3, 0.4) is 0 Å². The summed E-state index contributed by atoms with van der Waals surface area (Å²) in [6.45, 7) is 0. The number of carbonyl (C=O) groups is 2. The topological polar surface area (TPSA) is 118 Å². The summed E-state index contributed by atoms with van der Waals surface area (Å²) in [6, 6.07) is 13.6. The van der Waals surface area contributed by atoms with Gasteiger partial charge in [0.2, 0.25) is 5.91 Å². The van der Waals surface area contributed by atoms with Crippen molar-refractivity contribution in [2.45, 2.75) is 18.9 Å². The second kappa shape index (κ2) is 8.52. The van der Waals surface area contributed by atoms with Crippen molar-refractivity contribution >= 4 is 17.6 Å². The maximum Gasteiger partial charge on any atom is 0.321 e. The summed E-state index contributed by atoms with van der Waals surface area (Å²) in [4.78, 5) is 25.1. The molecule has 0 aliphatic heterocycles. The van der Waals surface area contributed by atoms with Gasteiger partial charge in [0, 0.05) is 30.8 Å². The molecule has 0 spiro atoms. The summed E-state index contributed by atoms with van der Waals surface area (Å²) >= 11 is 0. The number of nitrogens with zero attached hydrogens (tertiary/aromatic N) is 2. The van der Waals surface area contributed by atoms with Gasteiger partial charge in [0.25, 0.3) is 0 Å². The van der Waals surface area contributed by atoms with Crippen LogP contribution in [0, 0.1) is 17.2 Å². The first kappa shape index (κ1) is 20.0. The van der Waals surface area contributed by atoms with Crippen LogP contribution in [0.5, 0.6) is 17.2 Å². The average molecular weight is 394 g/mol. The summed E-state index contributed by atoms with van der Waals surface area (Å²) in [5.74, 6) is 1.04. The Morgan fingerprint density at radius 2 is 1.86 bits per heavy atom. The van der Waals surface area contributed by atoms with Crippen LogP contribution < -0.4 is 20.5 Å². The molecule has 0 saturated heterocycles. The number of ether oxygens (including phenoxy) is 2. The van der Waals surface area contributed by atoms with E-state index in [2.05, 4.69) is 5.32 Å². The van der Waals surface area contributed by atoms with E-state index >= 15 is 0 Å². The normalized spacial score (nSPS) is 17.4. The molecule has 150 valence electrons. The molecule has 0 unspecified atom stereocenters. The summed E-state index contributed by atoms with van der Waals surface area (Å²) in [5.41, 5.74) is 6.36. The number of methoxy groups -OCH3 is 1. The van der Waals surface area contributed by atoms with E-state index in [-0.39, 0.29) is 23.9 Å². The van der Waals surface area contributed by atoms with Crippen molar-refractivity contribution in [3.05, 3.63) is 48.0 Å². The molecule has 0 bridgehead atoms. The lowest BCUT2D eigenvalue weighted by atomic mass is 9.79. The Balaban J connectivity index is 1.59. The molecule has 8 nitrogen and oxygen atoms in total. The second-order valence-corrected chi connectivity index (χ2v) is 6.87. The van der Waals surface area contributed by atoms with Crippen molar-refractivity contribution in [2.75, 3.05) is 19.5 Å². The van der Waals surface area contributed by atoms with E-state index in [9.17, 15) is 9.59 Å². The molecule has 1 aliphatic carbocycles. The third-order valence-corrected chi connectivity index (χ3v) is 5.01. The third-order valence-electron chi connectivity index (χ3n) is 5.01. The highest BCUT2D eigenvalue weighted by molar-refractivity contribution is 5.89. The van der Waals surface area contributed by atoms with Crippen LogP contribution in [-0.2, 0) is 4.79 Å². The van der Waals surface area contributed by atoms with E-state index in [1.807, 2.05) is 6.07 Å². The Morgan fingerprint density at radius 3 is 2.45 bits per heavy atom. The molecule has 0 radical (unpaired) electrons. The van der Waals surface area contributed by atoms with Gasteiger partial charge in [0.15, 0.2) is 11.5 Å². The van der Waals surface area contributed by atoms with Crippen LogP contribution in [0.4, 0.5) is 10.5 Å². The van der Waals surface area contributed by atoms with Gasteiger partial charge in [-0.15, -0.1) is 0 Å². The minimum Gasteiger partial charge on any atom is -0.493 e. The maximum absolute atomic E-state index is 12.4. The lowest BCUT2D eigenvalue weighted by molar-refractivity contribution is -0.125. The van der Waals surface area contributed by atoms with Gasteiger partial charge >= 0.3 is 6.03 Å². The summed E-state index contributed by atoms with van der Waals surface area (Å²) in [7, 11) is 3.21. The van der Waals surface area contributed by atoms with Crippen LogP contribution in [0.2, 0.25) is 0 Å². The van der Waals surface area contributed by atoms with Gasteiger partial charge in [-0.3, -0.25) is 4.79 Å². The molecular weight excluding hydrogens is 372 g/mol. The lowest BCUT2D eigenvalue weighted by Gasteiger charge is -2.39. The molecule has 2 aromatic rings. The number of anilines is 1. The number of hydrogen-bond donors (Lipinski definition) is 2. The number of amides is 3. The predicted octanol–water partition coefficient (Wildman–Crippen LogP) is 3.09. The molecule has 0 heterocycles. The Labute approximate surface area is 168 Å². The van der Waals surface area contributed by atoms with E-state index in [0.29, 0.717) is 41.3 Å². The Hall–Kier alpha value is -3.73. The number of urea groups is 1. The summed E-state index contributed by atoms with van der Waals surface area (Å²) in [6.07, 6.45) is 1.19. The fourth-order valence-corrected chi connectivity index (χ4v) is 3.07. The molecule has 3 N–H and O–H groups in total. The number of nitrogens with two attached hydrogens (primary N) is 1. The molecule has 8 heteroatoms. The molecule has 3 rings (SSSR count). The smallest absolute Gasteiger partial charge is 0.321 e. The van der Waals surface area contributed by atoms with Crippen LogP contribution in [-0.4, -0.2) is 37.0 Å². The molecule has 1 saturated carbocycles. The largest absolute Gasteiger partial charge is 0.493 e. The Kier molecular flexibility index (Phi) is 5.88. The molecule has 0 aromatic heterocycles. The number of nitrogens with one attached hydrogen (secondary N) is 1. The minimum absolute atomic E-state index is 0.0129.